The number of nitrogens with one attached hydrogen (secondary N) is 4. The Morgan fingerprint density at radius 2 is 1.91 bits per heavy atom. The van der Waals surface area contributed by atoms with Gasteiger partial charge in [0, 0.05) is 54.8 Å². The number of anilines is 2. The average Bonchev–Trinajstić information content (AvgIpc) is 3.52. The third-order valence-corrected chi connectivity index (χ3v) is 8.08. The van der Waals surface area contributed by atoms with Crippen molar-refractivity contribution in [3.05, 3.63) is 71.4 Å². The highest BCUT2D eigenvalue weighted by atomic mass is 19.4. The number of hydrogen-bond acceptors (Lipinski definition) is 8. The Balaban J connectivity index is 1.49. The smallest absolute Gasteiger partial charge is 0.383 e. The van der Waals surface area contributed by atoms with Gasteiger partial charge in [0.1, 0.15) is 11.7 Å². The lowest BCUT2D eigenvalue weighted by Crippen LogP contribution is -2.52. The second kappa shape index (κ2) is 10.4. The van der Waals surface area contributed by atoms with Crippen molar-refractivity contribution in [1.29, 1.82) is 5.26 Å². The van der Waals surface area contributed by atoms with Gasteiger partial charge in [0.15, 0.2) is 5.54 Å². The van der Waals surface area contributed by atoms with Gasteiger partial charge in [0.05, 0.1) is 34.1 Å². The molecule has 1 atom stereocenters. The summed E-state index contributed by atoms with van der Waals surface area (Å²) in [5, 5.41) is 19.7. The molecule has 0 saturated heterocycles. The standard InChI is InChI=1S/C32H32F3N9/c1-6-19-16-38-27-20(15-36)13-21(14-24(27)26(19)39-18-30(2,3)4)40-28(22-7-11-37-29-23(22)8-12-43(29)5)25-17-44(42-41-25)31(9-10-31)32(33,34)35/h1,7-8,11-14,16-17,28,40-42H,9-10,18H2,2-5H3,(H,38,39)/t28-/m0/s1. The summed E-state index contributed by atoms with van der Waals surface area (Å²) in [6.45, 7) is 6.91. The number of hydrazine groups is 2. The molecule has 4 N–H and O–H groups in total. The number of aromatic nitrogens is 3. The molecule has 226 valence electrons. The first-order valence-electron chi connectivity index (χ1n) is 14.2. The Labute approximate surface area is 253 Å². The average molecular weight is 600 g/mol. The predicted octanol–water partition coefficient (Wildman–Crippen LogP) is 5.85. The monoisotopic (exact) mass is 599 g/mol. The Morgan fingerprint density at radius 1 is 1.14 bits per heavy atom. The van der Waals surface area contributed by atoms with E-state index in [1.54, 1.807) is 18.5 Å². The Hall–Kier alpha value is -4.94. The minimum Gasteiger partial charge on any atom is -0.383 e. The number of rotatable bonds is 7. The Kier molecular flexibility index (Phi) is 6.86. The molecular formula is C32H32F3N9. The Bertz CT molecular complexity index is 1880. The van der Waals surface area contributed by atoms with E-state index in [1.165, 1.54) is 6.20 Å². The number of terminal acetylenes is 1. The molecule has 2 aliphatic rings. The van der Waals surface area contributed by atoms with Gasteiger partial charge >= 0.3 is 6.18 Å². The molecule has 9 nitrogen and oxygen atoms in total. The van der Waals surface area contributed by atoms with Crippen LogP contribution in [-0.2, 0) is 7.05 Å². The molecule has 1 aliphatic carbocycles. The van der Waals surface area contributed by atoms with Crippen LogP contribution in [0, 0.1) is 29.1 Å². The van der Waals surface area contributed by atoms with Crippen molar-refractivity contribution < 1.29 is 13.2 Å². The summed E-state index contributed by atoms with van der Waals surface area (Å²) in [5.41, 5.74) is 8.29. The van der Waals surface area contributed by atoms with Crippen molar-refractivity contribution in [1.82, 2.24) is 30.5 Å². The van der Waals surface area contributed by atoms with E-state index in [-0.39, 0.29) is 18.3 Å². The van der Waals surface area contributed by atoms with Gasteiger partial charge in [-0.2, -0.15) is 18.4 Å². The summed E-state index contributed by atoms with van der Waals surface area (Å²) in [6, 6.07) is 8.90. The van der Waals surface area contributed by atoms with Gasteiger partial charge < -0.3 is 20.6 Å². The largest absolute Gasteiger partial charge is 0.413 e. The molecule has 0 amide bonds. The maximum Gasteiger partial charge on any atom is 0.413 e. The van der Waals surface area contributed by atoms with Crippen LogP contribution in [0.2, 0.25) is 0 Å². The fourth-order valence-corrected chi connectivity index (χ4v) is 5.54. The second-order valence-electron chi connectivity index (χ2n) is 12.5. The van der Waals surface area contributed by atoms with Crippen LogP contribution in [0.25, 0.3) is 21.9 Å². The molecular weight excluding hydrogens is 567 g/mol. The van der Waals surface area contributed by atoms with Crippen molar-refractivity contribution in [2.24, 2.45) is 12.5 Å². The summed E-state index contributed by atoms with van der Waals surface area (Å²) < 4.78 is 43.9. The number of aryl methyl sites for hydroxylation is 1. The summed E-state index contributed by atoms with van der Waals surface area (Å²) in [5.74, 6) is 2.69. The second-order valence-corrected chi connectivity index (χ2v) is 12.5. The molecule has 1 saturated carbocycles. The van der Waals surface area contributed by atoms with Crippen LogP contribution in [0.15, 0.2) is 54.8 Å². The fraction of sp³-hybridized carbons (Fsp3) is 0.344. The maximum atomic E-state index is 14.0. The molecule has 44 heavy (non-hydrogen) atoms. The first-order valence-corrected chi connectivity index (χ1v) is 14.2. The lowest BCUT2D eigenvalue weighted by molar-refractivity contribution is -0.195. The van der Waals surface area contributed by atoms with Crippen LogP contribution in [-0.4, -0.2) is 37.8 Å². The molecule has 0 radical (unpaired) electrons. The minimum absolute atomic E-state index is 0.00367. The molecule has 1 aliphatic heterocycles. The molecule has 1 fully saturated rings. The maximum absolute atomic E-state index is 14.0. The van der Waals surface area contributed by atoms with Crippen LogP contribution >= 0.6 is 0 Å². The van der Waals surface area contributed by atoms with Crippen LogP contribution in [0.5, 0.6) is 0 Å². The molecule has 12 heteroatoms. The third kappa shape index (κ3) is 5.01. The van der Waals surface area contributed by atoms with E-state index in [2.05, 4.69) is 64.3 Å². The SMILES string of the molecule is C#Cc1cnc2c(C#N)cc(N[C@H](C3=CN(C4(C(F)(F)F)CC4)NN3)c3ccnc4c3ccn4C)cc2c1NCC(C)(C)C. The van der Waals surface area contributed by atoms with Gasteiger partial charge in [-0.1, -0.05) is 26.7 Å². The molecule has 0 unspecified atom stereocenters. The lowest BCUT2D eigenvalue weighted by Gasteiger charge is -2.28. The highest BCUT2D eigenvalue weighted by molar-refractivity contribution is 5.99. The van der Waals surface area contributed by atoms with Crippen molar-refractivity contribution in [3.63, 3.8) is 0 Å². The van der Waals surface area contributed by atoms with E-state index in [1.807, 2.05) is 36.0 Å². The number of nitriles is 1. The summed E-state index contributed by atoms with van der Waals surface area (Å²) in [7, 11) is 1.88. The first kappa shape index (κ1) is 29.1. The summed E-state index contributed by atoms with van der Waals surface area (Å²) in [6.07, 6.45) is 8.03. The number of pyridine rings is 2. The zero-order valence-electron chi connectivity index (χ0n) is 24.8. The number of hydrogen-bond donors (Lipinski definition) is 4. The Morgan fingerprint density at radius 3 is 2.57 bits per heavy atom. The van der Waals surface area contributed by atoms with Crippen LogP contribution in [0.1, 0.15) is 56.3 Å². The fourth-order valence-electron chi connectivity index (χ4n) is 5.54. The van der Waals surface area contributed by atoms with Crippen LogP contribution in [0.3, 0.4) is 0 Å². The van der Waals surface area contributed by atoms with Gasteiger partial charge in [-0.05, 0) is 48.1 Å². The summed E-state index contributed by atoms with van der Waals surface area (Å²) >= 11 is 0. The van der Waals surface area contributed by atoms with Crippen LogP contribution < -0.4 is 21.6 Å². The first-order chi connectivity index (χ1) is 20.8. The number of alkyl halides is 3. The summed E-state index contributed by atoms with van der Waals surface area (Å²) in [4.78, 5) is 9.00. The molecule has 4 aromatic rings. The molecule has 1 aromatic carbocycles. The van der Waals surface area contributed by atoms with Crippen molar-refractivity contribution in [3.8, 4) is 18.4 Å². The number of benzene rings is 1. The molecule has 6 rings (SSSR count). The van der Waals surface area contributed by atoms with Crippen molar-refractivity contribution in [2.45, 2.75) is 51.4 Å². The van der Waals surface area contributed by atoms with Gasteiger partial charge in [-0.25, -0.2) is 4.98 Å². The van der Waals surface area contributed by atoms with E-state index in [0.717, 1.165) is 21.6 Å². The van der Waals surface area contributed by atoms with E-state index in [4.69, 9.17) is 6.42 Å². The van der Waals surface area contributed by atoms with E-state index >= 15 is 0 Å². The quantitative estimate of drug-likeness (QED) is 0.196. The molecule has 0 bridgehead atoms. The van der Waals surface area contributed by atoms with Crippen LogP contribution in [0.4, 0.5) is 24.5 Å². The van der Waals surface area contributed by atoms with Gasteiger partial charge in [-0.3, -0.25) is 9.99 Å². The van der Waals surface area contributed by atoms with Crippen molar-refractivity contribution >= 4 is 33.3 Å². The van der Waals surface area contributed by atoms with E-state index < -0.39 is 17.8 Å². The minimum atomic E-state index is -4.40. The predicted molar refractivity (Wildman–Crippen MR) is 164 cm³/mol. The third-order valence-electron chi connectivity index (χ3n) is 8.08. The van der Waals surface area contributed by atoms with E-state index in [9.17, 15) is 18.4 Å². The number of nitrogens with zero attached hydrogens (tertiary/aromatic N) is 5. The zero-order chi connectivity index (χ0) is 31.4. The topological polar surface area (TPSA) is 106 Å². The van der Waals surface area contributed by atoms with Gasteiger partial charge in [0.25, 0.3) is 0 Å². The molecule has 0 spiro atoms. The van der Waals surface area contributed by atoms with Gasteiger partial charge in [-0.15, -0.1) is 12.0 Å². The highest BCUT2D eigenvalue weighted by Gasteiger charge is 2.67. The zero-order valence-corrected chi connectivity index (χ0v) is 24.8. The van der Waals surface area contributed by atoms with Gasteiger partial charge in [0.2, 0.25) is 0 Å². The number of halogens is 3. The normalized spacial score (nSPS) is 16.7. The number of fused-ring (bicyclic) bond motifs is 2. The van der Waals surface area contributed by atoms with E-state index in [0.29, 0.717) is 45.6 Å². The van der Waals surface area contributed by atoms with Crippen molar-refractivity contribution in [2.75, 3.05) is 17.2 Å². The lowest BCUT2D eigenvalue weighted by atomic mass is 9.96. The molecule has 3 aromatic heterocycles. The molecule has 4 heterocycles. The highest BCUT2D eigenvalue weighted by Crippen LogP contribution is 2.54.